The normalized spacial score (nSPS) is 10.3. The van der Waals surface area contributed by atoms with Gasteiger partial charge in [-0.15, -0.1) is 0 Å². The predicted octanol–water partition coefficient (Wildman–Crippen LogP) is 2.32. The number of nitrogens with one attached hydrogen (secondary N) is 1. The highest BCUT2D eigenvalue weighted by atomic mass is 19.1. The molecule has 1 N–H and O–H groups in total. The quantitative estimate of drug-likeness (QED) is 0.764. The highest BCUT2D eigenvalue weighted by Gasteiger charge is 2.03. The molecule has 2 aromatic rings. The first-order valence-corrected chi connectivity index (χ1v) is 4.31. The van der Waals surface area contributed by atoms with Crippen LogP contribution >= 0.6 is 0 Å². The van der Waals surface area contributed by atoms with Crippen LogP contribution in [0.4, 0.5) is 8.78 Å². The van der Waals surface area contributed by atoms with Crippen molar-refractivity contribution >= 4 is 0 Å². The Labute approximate surface area is 84.2 Å². The summed E-state index contributed by atoms with van der Waals surface area (Å²) in [4.78, 5) is 13.5. The minimum absolute atomic E-state index is 0.308. The lowest BCUT2D eigenvalue weighted by atomic mass is 10.1. The molecule has 0 bridgehead atoms. The van der Waals surface area contributed by atoms with Gasteiger partial charge in [-0.3, -0.25) is 4.79 Å². The van der Waals surface area contributed by atoms with E-state index in [1.54, 1.807) is 6.07 Å². The van der Waals surface area contributed by atoms with Crippen molar-refractivity contribution in [3.05, 3.63) is 58.4 Å². The molecule has 1 aromatic carbocycles. The number of hydrogen-bond donors (Lipinski definition) is 1. The van der Waals surface area contributed by atoms with Gasteiger partial charge < -0.3 is 4.98 Å². The van der Waals surface area contributed by atoms with Gasteiger partial charge in [-0.05, 0) is 18.2 Å². The summed E-state index contributed by atoms with van der Waals surface area (Å²) in [5, 5.41) is 0. The van der Waals surface area contributed by atoms with Crippen LogP contribution in [0.2, 0.25) is 0 Å². The number of H-pyrrole nitrogens is 1. The lowest BCUT2D eigenvalue weighted by Gasteiger charge is -2.01. The van der Waals surface area contributed by atoms with Crippen molar-refractivity contribution in [3.63, 3.8) is 0 Å². The van der Waals surface area contributed by atoms with E-state index in [1.807, 2.05) is 0 Å². The van der Waals surface area contributed by atoms with Crippen LogP contribution in [0.3, 0.4) is 0 Å². The second-order valence-corrected chi connectivity index (χ2v) is 3.09. The van der Waals surface area contributed by atoms with Crippen LogP contribution < -0.4 is 5.56 Å². The maximum atomic E-state index is 12.9. The fourth-order valence-electron chi connectivity index (χ4n) is 1.33. The number of rotatable bonds is 1. The summed E-state index contributed by atoms with van der Waals surface area (Å²) in [5.74, 6) is -1.34. The van der Waals surface area contributed by atoms with Crippen molar-refractivity contribution in [1.29, 1.82) is 0 Å². The molecule has 0 spiro atoms. The molecular formula is C11H7F2NO. The molecule has 2 rings (SSSR count). The van der Waals surface area contributed by atoms with Crippen LogP contribution in [0.5, 0.6) is 0 Å². The van der Waals surface area contributed by atoms with E-state index in [0.29, 0.717) is 11.3 Å². The predicted molar refractivity (Wildman–Crippen MR) is 52.4 cm³/mol. The average Bonchev–Trinajstić information content (AvgIpc) is 2.16. The van der Waals surface area contributed by atoms with E-state index in [9.17, 15) is 13.6 Å². The summed E-state index contributed by atoms with van der Waals surface area (Å²) in [7, 11) is 0. The number of aromatic amines is 1. The molecule has 1 aromatic heterocycles. The van der Waals surface area contributed by atoms with Gasteiger partial charge in [-0.1, -0.05) is 6.07 Å². The van der Waals surface area contributed by atoms with Crippen molar-refractivity contribution in [3.8, 4) is 11.3 Å². The van der Waals surface area contributed by atoms with Crippen molar-refractivity contribution in [2.24, 2.45) is 0 Å². The molecule has 0 aliphatic heterocycles. The van der Waals surface area contributed by atoms with Gasteiger partial charge in [0.15, 0.2) is 0 Å². The van der Waals surface area contributed by atoms with Crippen LogP contribution in [0, 0.1) is 11.6 Å². The van der Waals surface area contributed by atoms with E-state index < -0.39 is 11.6 Å². The Kier molecular flexibility index (Phi) is 2.33. The van der Waals surface area contributed by atoms with E-state index in [4.69, 9.17) is 0 Å². The summed E-state index contributed by atoms with van der Waals surface area (Å²) in [5.41, 5.74) is 0.392. The second-order valence-electron chi connectivity index (χ2n) is 3.09. The zero-order chi connectivity index (χ0) is 10.8. The zero-order valence-corrected chi connectivity index (χ0v) is 7.63. The molecular weight excluding hydrogens is 200 g/mol. The smallest absolute Gasteiger partial charge is 0.248 e. The maximum absolute atomic E-state index is 12.9. The first kappa shape index (κ1) is 9.58. The summed E-state index contributed by atoms with van der Waals surface area (Å²) in [6.07, 6.45) is 0. The summed E-state index contributed by atoms with van der Waals surface area (Å²) >= 11 is 0. The van der Waals surface area contributed by atoms with Crippen molar-refractivity contribution in [1.82, 2.24) is 4.98 Å². The molecule has 15 heavy (non-hydrogen) atoms. The van der Waals surface area contributed by atoms with Crippen molar-refractivity contribution in [2.45, 2.75) is 0 Å². The van der Waals surface area contributed by atoms with Crippen LogP contribution in [0.25, 0.3) is 11.3 Å². The molecule has 2 nitrogen and oxygen atoms in total. The highest BCUT2D eigenvalue weighted by Crippen LogP contribution is 2.18. The molecule has 0 fully saturated rings. The van der Waals surface area contributed by atoms with Crippen LogP contribution in [0.1, 0.15) is 0 Å². The first-order valence-electron chi connectivity index (χ1n) is 4.31. The van der Waals surface area contributed by atoms with Gasteiger partial charge in [0.2, 0.25) is 5.56 Å². The Hall–Kier alpha value is -1.97. The third-order valence-electron chi connectivity index (χ3n) is 1.94. The molecule has 0 saturated carbocycles. The second kappa shape index (κ2) is 3.65. The Morgan fingerprint density at radius 2 is 1.67 bits per heavy atom. The molecule has 0 amide bonds. The first-order chi connectivity index (χ1) is 7.15. The summed E-state index contributed by atoms with van der Waals surface area (Å²) in [6.45, 7) is 0. The number of pyridine rings is 1. The minimum atomic E-state index is -0.672. The monoisotopic (exact) mass is 207 g/mol. The molecule has 76 valence electrons. The lowest BCUT2D eigenvalue weighted by Crippen LogP contribution is -2.03. The molecule has 0 atom stereocenters. The van der Waals surface area contributed by atoms with Gasteiger partial charge in [0, 0.05) is 23.4 Å². The number of aromatic nitrogens is 1. The van der Waals surface area contributed by atoms with E-state index >= 15 is 0 Å². The number of hydrogen-bond acceptors (Lipinski definition) is 1. The molecule has 1 heterocycles. The van der Waals surface area contributed by atoms with Gasteiger partial charge in [0.25, 0.3) is 0 Å². The summed E-state index contributed by atoms with van der Waals surface area (Å²) < 4.78 is 25.8. The van der Waals surface area contributed by atoms with Crippen molar-refractivity contribution < 1.29 is 8.78 Å². The fourth-order valence-corrected chi connectivity index (χ4v) is 1.33. The van der Waals surface area contributed by atoms with E-state index in [1.165, 1.54) is 12.1 Å². The SMILES string of the molecule is O=c1cccc(-c2cc(F)cc(F)c2)[nH]1. The minimum Gasteiger partial charge on any atom is -0.322 e. The highest BCUT2D eigenvalue weighted by molar-refractivity contribution is 5.58. The van der Waals surface area contributed by atoms with E-state index in [0.717, 1.165) is 18.2 Å². The van der Waals surface area contributed by atoms with E-state index in [-0.39, 0.29) is 5.56 Å². The van der Waals surface area contributed by atoms with Crippen LogP contribution in [-0.4, -0.2) is 4.98 Å². The molecule has 0 aliphatic carbocycles. The zero-order valence-electron chi connectivity index (χ0n) is 7.63. The fraction of sp³-hybridized carbons (Fsp3) is 0. The van der Waals surface area contributed by atoms with Gasteiger partial charge in [0.1, 0.15) is 11.6 Å². The Bertz CT molecular complexity index is 528. The lowest BCUT2D eigenvalue weighted by molar-refractivity contribution is 0.584. The Balaban J connectivity index is 2.58. The topological polar surface area (TPSA) is 32.9 Å². The van der Waals surface area contributed by atoms with E-state index in [2.05, 4.69) is 4.98 Å². The molecule has 0 saturated heterocycles. The average molecular weight is 207 g/mol. The summed E-state index contributed by atoms with van der Waals surface area (Å²) in [6, 6.07) is 7.54. The van der Waals surface area contributed by atoms with Gasteiger partial charge in [-0.25, -0.2) is 8.78 Å². The third-order valence-corrected chi connectivity index (χ3v) is 1.94. The van der Waals surface area contributed by atoms with Gasteiger partial charge in [0.05, 0.1) is 0 Å². The number of benzene rings is 1. The van der Waals surface area contributed by atoms with Crippen LogP contribution in [-0.2, 0) is 0 Å². The van der Waals surface area contributed by atoms with Gasteiger partial charge >= 0.3 is 0 Å². The maximum Gasteiger partial charge on any atom is 0.248 e. The van der Waals surface area contributed by atoms with Crippen LogP contribution in [0.15, 0.2) is 41.2 Å². The van der Waals surface area contributed by atoms with Crippen molar-refractivity contribution in [2.75, 3.05) is 0 Å². The van der Waals surface area contributed by atoms with Gasteiger partial charge in [-0.2, -0.15) is 0 Å². The molecule has 4 heteroatoms. The standard InChI is InChI=1S/C11H7F2NO/c12-8-4-7(5-9(13)6-8)10-2-1-3-11(15)14-10/h1-6H,(H,14,15). The third kappa shape index (κ3) is 2.10. The Morgan fingerprint density at radius 3 is 2.27 bits per heavy atom. The Morgan fingerprint density at radius 1 is 1.00 bits per heavy atom. The molecule has 0 radical (unpaired) electrons. The largest absolute Gasteiger partial charge is 0.322 e. The molecule has 0 aliphatic rings. The molecule has 0 unspecified atom stereocenters. The number of halogens is 2.